The Balaban J connectivity index is 1.22. The third-order valence-electron chi connectivity index (χ3n) is 6.29. The van der Waals surface area contributed by atoms with E-state index in [2.05, 4.69) is 10.3 Å². The predicted octanol–water partition coefficient (Wildman–Crippen LogP) is 3.40. The average molecular weight is 472 g/mol. The molecule has 178 valence electrons. The number of pyridine rings is 1. The van der Waals surface area contributed by atoms with Gasteiger partial charge in [-0.15, -0.1) is 0 Å². The van der Waals surface area contributed by atoms with Gasteiger partial charge in [0.15, 0.2) is 0 Å². The van der Waals surface area contributed by atoms with Crippen molar-refractivity contribution in [3.63, 3.8) is 0 Å². The van der Waals surface area contributed by atoms with Gasteiger partial charge in [0.1, 0.15) is 11.9 Å². The van der Waals surface area contributed by atoms with Gasteiger partial charge in [0.25, 0.3) is 5.91 Å². The average Bonchev–Trinajstić information content (AvgIpc) is 3.52. The zero-order valence-electron chi connectivity index (χ0n) is 19.3. The van der Waals surface area contributed by atoms with Crippen LogP contribution in [0.2, 0.25) is 0 Å². The summed E-state index contributed by atoms with van der Waals surface area (Å²) in [5.74, 6) is 0.233. The lowest BCUT2D eigenvalue weighted by Crippen LogP contribution is -2.34. The van der Waals surface area contributed by atoms with Gasteiger partial charge in [0, 0.05) is 42.4 Å². The predicted molar refractivity (Wildman–Crippen MR) is 129 cm³/mol. The van der Waals surface area contributed by atoms with E-state index < -0.39 is 5.97 Å². The quantitative estimate of drug-likeness (QED) is 0.554. The van der Waals surface area contributed by atoms with E-state index in [1.807, 2.05) is 30.3 Å². The number of nitrogens with zero attached hydrogens (tertiary/aromatic N) is 2. The minimum atomic E-state index is -0.437. The molecule has 1 saturated heterocycles. The Morgan fingerprint density at radius 2 is 1.91 bits per heavy atom. The fourth-order valence-corrected chi connectivity index (χ4v) is 4.47. The Morgan fingerprint density at radius 1 is 1.11 bits per heavy atom. The maximum atomic E-state index is 12.7. The van der Waals surface area contributed by atoms with Gasteiger partial charge in [-0.3, -0.25) is 14.6 Å². The minimum Gasteiger partial charge on any atom is -0.487 e. The first kappa shape index (κ1) is 22.6. The lowest BCUT2D eigenvalue weighted by atomic mass is 10.0. The maximum Gasteiger partial charge on any atom is 0.339 e. The fraction of sp³-hybridized carbons (Fsp3) is 0.259. The summed E-state index contributed by atoms with van der Waals surface area (Å²) < 4.78 is 10.9. The Kier molecular flexibility index (Phi) is 6.18. The number of para-hydroxylation sites is 1. The number of esters is 1. The molecule has 0 bridgehead atoms. The molecule has 8 heteroatoms. The molecule has 2 amide bonds. The molecule has 0 unspecified atom stereocenters. The lowest BCUT2D eigenvalue weighted by molar-refractivity contribution is -0.117. The largest absolute Gasteiger partial charge is 0.487 e. The second-order valence-corrected chi connectivity index (χ2v) is 8.57. The molecule has 1 N–H and O–H groups in total. The van der Waals surface area contributed by atoms with Crippen LogP contribution in [0.4, 0.5) is 5.69 Å². The van der Waals surface area contributed by atoms with E-state index in [4.69, 9.17) is 9.47 Å². The van der Waals surface area contributed by atoms with Gasteiger partial charge in [-0.05, 0) is 54.4 Å². The lowest BCUT2D eigenvalue weighted by Gasteiger charge is -2.16. The number of aromatic nitrogens is 1. The number of ether oxygens (including phenoxy) is 2. The summed E-state index contributed by atoms with van der Waals surface area (Å²) in [6.07, 6.45) is 3.38. The summed E-state index contributed by atoms with van der Waals surface area (Å²) in [5.41, 5.74) is 4.30. The van der Waals surface area contributed by atoms with Crippen LogP contribution in [0.3, 0.4) is 0 Å². The van der Waals surface area contributed by atoms with Crippen molar-refractivity contribution in [3.05, 3.63) is 77.5 Å². The summed E-state index contributed by atoms with van der Waals surface area (Å²) in [5, 5.41) is 2.95. The number of hydrogen-bond donors (Lipinski definition) is 1. The van der Waals surface area contributed by atoms with Crippen LogP contribution in [0, 0.1) is 0 Å². The second kappa shape index (κ2) is 9.58. The van der Waals surface area contributed by atoms with Crippen molar-refractivity contribution < 1.29 is 23.9 Å². The highest BCUT2D eigenvalue weighted by atomic mass is 16.5. The van der Waals surface area contributed by atoms with E-state index in [0.717, 1.165) is 35.5 Å². The van der Waals surface area contributed by atoms with Gasteiger partial charge >= 0.3 is 5.97 Å². The summed E-state index contributed by atoms with van der Waals surface area (Å²) in [6, 6.07) is 16.4. The number of amides is 2. The molecule has 2 aliphatic heterocycles. The number of benzene rings is 2. The van der Waals surface area contributed by atoms with Crippen LogP contribution in [-0.4, -0.2) is 49.1 Å². The molecule has 0 aliphatic carbocycles. The third-order valence-corrected chi connectivity index (χ3v) is 6.29. The number of methoxy groups -OCH3 is 1. The second-order valence-electron chi connectivity index (χ2n) is 8.57. The molecule has 2 aliphatic rings. The molecule has 5 rings (SSSR count). The van der Waals surface area contributed by atoms with E-state index in [9.17, 15) is 14.4 Å². The molecular weight excluding hydrogens is 446 g/mol. The standard InChI is InChI=1S/C27H25N3O5/c1-34-27(33)19-9-12-23(28-15-19)22-5-2-4-18-14-21(35-25(18)22)16-29-26(32)17-7-10-20(11-8-17)30-13-3-6-24(30)31/h2,4-5,7-12,15,21H,3,6,13-14,16H2,1H3,(H,29,32)/t21-/m0/s1. The highest BCUT2D eigenvalue weighted by Crippen LogP contribution is 2.38. The summed E-state index contributed by atoms with van der Waals surface area (Å²) in [4.78, 5) is 42.4. The van der Waals surface area contributed by atoms with Crippen molar-refractivity contribution in [2.24, 2.45) is 0 Å². The fourth-order valence-electron chi connectivity index (χ4n) is 4.47. The normalized spacial score (nSPS) is 16.5. The molecule has 2 aromatic carbocycles. The van der Waals surface area contributed by atoms with Gasteiger partial charge in [0.2, 0.25) is 5.91 Å². The summed E-state index contributed by atoms with van der Waals surface area (Å²) >= 11 is 0. The zero-order chi connectivity index (χ0) is 24.4. The number of nitrogens with one attached hydrogen (secondary N) is 1. The summed E-state index contributed by atoms with van der Waals surface area (Å²) in [7, 11) is 1.33. The molecular formula is C27H25N3O5. The minimum absolute atomic E-state index is 0.120. The highest BCUT2D eigenvalue weighted by Gasteiger charge is 2.27. The molecule has 0 saturated carbocycles. The van der Waals surface area contributed by atoms with E-state index in [-0.39, 0.29) is 17.9 Å². The number of carbonyl (C=O) groups excluding carboxylic acids is 3. The molecule has 1 fully saturated rings. The molecule has 1 aromatic heterocycles. The van der Waals surface area contributed by atoms with Crippen molar-refractivity contribution in [1.82, 2.24) is 10.3 Å². The Hall–Kier alpha value is -4.20. The van der Waals surface area contributed by atoms with E-state index >= 15 is 0 Å². The first-order valence-corrected chi connectivity index (χ1v) is 11.6. The Bertz CT molecular complexity index is 1270. The van der Waals surface area contributed by atoms with Gasteiger partial charge in [0.05, 0.1) is 24.9 Å². The van der Waals surface area contributed by atoms with E-state index in [1.54, 1.807) is 29.2 Å². The zero-order valence-corrected chi connectivity index (χ0v) is 19.3. The summed E-state index contributed by atoms with van der Waals surface area (Å²) in [6.45, 7) is 1.07. The van der Waals surface area contributed by atoms with Crippen LogP contribution >= 0.6 is 0 Å². The maximum absolute atomic E-state index is 12.7. The molecule has 0 spiro atoms. The first-order valence-electron chi connectivity index (χ1n) is 11.6. The van der Waals surface area contributed by atoms with Crippen molar-refractivity contribution >= 4 is 23.5 Å². The Labute approximate surface area is 202 Å². The van der Waals surface area contributed by atoms with Gasteiger partial charge in [-0.1, -0.05) is 12.1 Å². The number of fused-ring (bicyclic) bond motifs is 1. The van der Waals surface area contributed by atoms with Gasteiger partial charge < -0.3 is 19.7 Å². The number of anilines is 1. The molecule has 3 aromatic rings. The number of rotatable bonds is 6. The van der Waals surface area contributed by atoms with Crippen LogP contribution in [-0.2, 0) is 16.0 Å². The van der Waals surface area contributed by atoms with E-state index in [0.29, 0.717) is 36.2 Å². The molecule has 3 heterocycles. The number of hydrogen-bond acceptors (Lipinski definition) is 6. The van der Waals surface area contributed by atoms with Crippen LogP contribution in [0.25, 0.3) is 11.3 Å². The first-order chi connectivity index (χ1) is 17.0. The van der Waals surface area contributed by atoms with Crippen molar-refractivity contribution in [1.29, 1.82) is 0 Å². The van der Waals surface area contributed by atoms with Crippen molar-refractivity contribution in [3.8, 4) is 17.0 Å². The highest BCUT2D eigenvalue weighted by molar-refractivity contribution is 5.97. The van der Waals surface area contributed by atoms with Crippen LogP contribution in [0.1, 0.15) is 39.1 Å². The van der Waals surface area contributed by atoms with Crippen molar-refractivity contribution in [2.75, 3.05) is 25.1 Å². The molecule has 0 radical (unpaired) electrons. The van der Waals surface area contributed by atoms with Crippen LogP contribution in [0.5, 0.6) is 5.75 Å². The third kappa shape index (κ3) is 4.59. The van der Waals surface area contributed by atoms with Crippen LogP contribution < -0.4 is 15.0 Å². The molecule has 8 nitrogen and oxygen atoms in total. The van der Waals surface area contributed by atoms with Crippen molar-refractivity contribution in [2.45, 2.75) is 25.4 Å². The molecule has 1 atom stereocenters. The van der Waals surface area contributed by atoms with E-state index in [1.165, 1.54) is 13.3 Å². The van der Waals surface area contributed by atoms with Crippen LogP contribution in [0.15, 0.2) is 60.8 Å². The number of carbonyl (C=O) groups is 3. The SMILES string of the molecule is COC(=O)c1ccc(-c2cccc3c2O[C@H](CNC(=O)c2ccc(N4CCCC4=O)cc2)C3)nc1. The smallest absolute Gasteiger partial charge is 0.339 e. The van der Waals surface area contributed by atoms with Gasteiger partial charge in [-0.25, -0.2) is 4.79 Å². The topological polar surface area (TPSA) is 97.8 Å². The molecule has 35 heavy (non-hydrogen) atoms. The monoisotopic (exact) mass is 471 g/mol. The van der Waals surface area contributed by atoms with Gasteiger partial charge in [-0.2, -0.15) is 0 Å². The Morgan fingerprint density at radius 3 is 2.60 bits per heavy atom.